The second kappa shape index (κ2) is 6.19. The SMILES string of the molecule is Cc1ccc([C@@H]2Cn3nc(-c4nc(-c5ccsc5)no4)cc3CO2)cc1. The minimum absolute atomic E-state index is 0.0000902. The number of benzene rings is 1. The molecule has 4 aromatic rings. The minimum Gasteiger partial charge on any atom is -0.365 e. The Morgan fingerprint density at radius 3 is 2.88 bits per heavy atom. The highest BCUT2D eigenvalue weighted by molar-refractivity contribution is 7.08. The predicted molar refractivity (Wildman–Crippen MR) is 97.5 cm³/mol. The predicted octanol–water partition coefficient (Wildman–Crippen LogP) is 4.24. The summed E-state index contributed by atoms with van der Waals surface area (Å²) in [6.07, 6.45) is -0.0000902. The molecule has 1 aromatic carbocycles. The van der Waals surface area contributed by atoms with Crippen molar-refractivity contribution in [3.63, 3.8) is 0 Å². The van der Waals surface area contributed by atoms with Crippen molar-refractivity contribution in [1.82, 2.24) is 19.9 Å². The number of thiophene rings is 1. The monoisotopic (exact) mass is 364 g/mol. The minimum atomic E-state index is -0.0000902. The zero-order valence-electron chi connectivity index (χ0n) is 14.1. The molecule has 0 unspecified atom stereocenters. The Kier molecular flexibility index (Phi) is 3.69. The van der Waals surface area contributed by atoms with Crippen LogP contribution in [0.4, 0.5) is 0 Å². The summed E-state index contributed by atoms with van der Waals surface area (Å²) in [5.41, 5.74) is 5.05. The molecule has 0 N–H and O–H groups in total. The van der Waals surface area contributed by atoms with Crippen molar-refractivity contribution in [2.75, 3.05) is 0 Å². The summed E-state index contributed by atoms with van der Waals surface area (Å²) in [7, 11) is 0. The average Bonchev–Trinajstić information content (AvgIpc) is 3.40. The Labute approximate surface area is 154 Å². The largest absolute Gasteiger partial charge is 0.365 e. The molecular formula is C19H16N4O2S. The van der Waals surface area contributed by atoms with Gasteiger partial charge in [0.15, 0.2) is 5.69 Å². The van der Waals surface area contributed by atoms with Gasteiger partial charge in [-0.15, -0.1) is 0 Å². The van der Waals surface area contributed by atoms with Crippen LogP contribution < -0.4 is 0 Å². The first-order chi connectivity index (χ1) is 12.8. The van der Waals surface area contributed by atoms with E-state index in [9.17, 15) is 0 Å². The fourth-order valence-electron chi connectivity index (χ4n) is 3.05. The molecule has 1 aliphatic heterocycles. The van der Waals surface area contributed by atoms with E-state index >= 15 is 0 Å². The van der Waals surface area contributed by atoms with Crippen molar-refractivity contribution in [1.29, 1.82) is 0 Å². The van der Waals surface area contributed by atoms with Crippen LogP contribution in [0.25, 0.3) is 23.0 Å². The standard InChI is InChI=1S/C19H16N4O2S/c1-12-2-4-13(5-3-12)17-9-23-15(10-24-17)8-16(21-23)19-20-18(22-25-19)14-6-7-26-11-14/h2-8,11,17H,9-10H2,1H3/t17-/m0/s1. The van der Waals surface area contributed by atoms with Gasteiger partial charge in [0.1, 0.15) is 6.10 Å². The highest BCUT2D eigenvalue weighted by atomic mass is 32.1. The van der Waals surface area contributed by atoms with E-state index in [0.717, 1.165) is 16.8 Å². The Morgan fingerprint density at radius 1 is 1.19 bits per heavy atom. The van der Waals surface area contributed by atoms with Crippen LogP contribution in [0.15, 0.2) is 51.7 Å². The molecular weight excluding hydrogens is 348 g/mol. The Hall–Kier alpha value is -2.77. The fourth-order valence-corrected chi connectivity index (χ4v) is 3.68. The molecule has 0 amide bonds. The first-order valence-electron chi connectivity index (χ1n) is 8.38. The van der Waals surface area contributed by atoms with Crippen LogP contribution >= 0.6 is 11.3 Å². The van der Waals surface area contributed by atoms with Gasteiger partial charge < -0.3 is 9.26 Å². The third-order valence-corrected chi connectivity index (χ3v) is 5.19. The molecule has 0 radical (unpaired) electrons. The normalized spacial score (nSPS) is 16.6. The van der Waals surface area contributed by atoms with Crippen LogP contribution in [0.2, 0.25) is 0 Å². The lowest BCUT2D eigenvalue weighted by atomic mass is 10.1. The van der Waals surface area contributed by atoms with Gasteiger partial charge in [-0.2, -0.15) is 21.4 Å². The fraction of sp³-hybridized carbons (Fsp3) is 0.211. The summed E-state index contributed by atoms with van der Waals surface area (Å²) in [5, 5.41) is 12.7. The Bertz CT molecular complexity index is 1030. The van der Waals surface area contributed by atoms with Crippen LogP contribution in [0.3, 0.4) is 0 Å². The summed E-state index contributed by atoms with van der Waals surface area (Å²) in [6.45, 7) is 3.26. The maximum atomic E-state index is 6.02. The maximum Gasteiger partial charge on any atom is 0.278 e. The third kappa shape index (κ3) is 2.75. The molecule has 0 spiro atoms. The number of aryl methyl sites for hydroxylation is 1. The van der Waals surface area contributed by atoms with Crippen LogP contribution in [-0.2, 0) is 17.9 Å². The van der Waals surface area contributed by atoms with Gasteiger partial charge in [0.25, 0.3) is 5.89 Å². The second-order valence-corrected chi connectivity index (χ2v) is 7.13. The molecule has 4 heterocycles. The van der Waals surface area contributed by atoms with Crippen LogP contribution in [0.1, 0.15) is 22.9 Å². The van der Waals surface area contributed by atoms with Crippen molar-refractivity contribution in [2.24, 2.45) is 0 Å². The molecule has 0 saturated heterocycles. The first-order valence-corrected chi connectivity index (χ1v) is 9.32. The Morgan fingerprint density at radius 2 is 2.08 bits per heavy atom. The second-order valence-electron chi connectivity index (χ2n) is 6.35. The number of hydrogen-bond acceptors (Lipinski definition) is 6. The van der Waals surface area contributed by atoms with Gasteiger partial charge in [-0.1, -0.05) is 35.0 Å². The molecule has 3 aromatic heterocycles. The van der Waals surface area contributed by atoms with Crippen molar-refractivity contribution >= 4 is 11.3 Å². The quantitative estimate of drug-likeness (QED) is 0.544. The lowest BCUT2D eigenvalue weighted by Crippen LogP contribution is -2.21. The maximum absolute atomic E-state index is 6.02. The van der Waals surface area contributed by atoms with E-state index in [4.69, 9.17) is 9.26 Å². The number of ether oxygens (including phenoxy) is 1. The summed E-state index contributed by atoms with van der Waals surface area (Å²) >= 11 is 1.60. The van der Waals surface area contributed by atoms with Gasteiger partial charge >= 0.3 is 0 Å². The third-order valence-electron chi connectivity index (χ3n) is 4.51. The molecule has 1 atom stereocenters. The highest BCUT2D eigenvalue weighted by Gasteiger charge is 2.24. The van der Waals surface area contributed by atoms with E-state index in [1.165, 1.54) is 5.56 Å². The molecule has 130 valence electrons. The topological polar surface area (TPSA) is 66.0 Å². The number of nitrogens with zero attached hydrogens (tertiary/aromatic N) is 4. The van der Waals surface area contributed by atoms with E-state index in [-0.39, 0.29) is 6.10 Å². The molecule has 26 heavy (non-hydrogen) atoms. The molecule has 1 aliphatic rings. The Balaban J connectivity index is 1.40. The lowest BCUT2D eigenvalue weighted by Gasteiger charge is -2.24. The number of rotatable bonds is 3. The van der Waals surface area contributed by atoms with E-state index in [0.29, 0.717) is 30.6 Å². The zero-order chi connectivity index (χ0) is 17.5. The molecule has 7 heteroatoms. The molecule has 0 fully saturated rings. The van der Waals surface area contributed by atoms with Crippen molar-refractivity contribution in [3.8, 4) is 23.0 Å². The molecule has 0 bridgehead atoms. The number of hydrogen-bond donors (Lipinski definition) is 0. The van der Waals surface area contributed by atoms with Crippen molar-refractivity contribution < 1.29 is 9.26 Å². The zero-order valence-corrected chi connectivity index (χ0v) is 14.9. The van der Waals surface area contributed by atoms with Gasteiger partial charge in [-0.3, -0.25) is 4.68 Å². The highest BCUT2D eigenvalue weighted by Crippen LogP contribution is 2.29. The summed E-state index contributed by atoms with van der Waals surface area (Å²) in [5.74, 6) is 1.01. The van der Waals surface area contributed by atoms with Crippen molar-refractivity contribution in [2.45, 2.75) is 26.2 Å². The summed E-state index contributed by atoms with van der Waals surface area (Å²) < 4.78 is 13.4. The first kappa shape index (κ1) is 15.5. The number of fused-ring (bicyclic) bond motifs is 1. The van der Waals surface area contributed by atoms with Gasteiger partial charge in [-0.05, 0) is 30.0 Å². The smallest absolute Gasteiger partial charge is 0.278 e. The molecule has 6 nitrogen and oxygen atoms in total. The molecule has 5 rings (SSSR count). The number of aromatic nitrogens is 4. The van der Waals surface area contributed by atoms with E-state index in [2.05, 4.69) is 46.4 Å². The van der Waals surface area contributed by atoms with Crippen LogP contribution in [0, 0.1) is 6.92 Å². The van der Waals surface area contributed by atoms with E-state index < -0.39 is 0 Å². The van der Waals surface area contributed by atoms with Crippen LogP contribution in [-0.4, -0.2) is 19.9 Å². The van der Waals surface area contributed by atoms with Gasteiger partial charge in [-0.25, -0.2) is 0 Å². The van der Waals surface area contributed by atoms with Crippen LogP contribution in [0.5, 0.6) is 0 Å². The van der Waals surface area contributed by atoms with E-state index in [1.54, 1.807) is 11.3 Å². The summed E-state index contributed by atoms with van der Waals surface area (Å²) in [4.78, 5) is 4.47. The van der Waals surface area contributed by atoms with Gasteiger partial charge in [0.05, 0.1) is 18.8 Å². The van der Waals surface area contributed by atoms with Gasteiger partial charge in [0.2, 0.25) is 5.82 Å². The average molecular weight is 364 g/mol. The van der Waals surface area contributed by atoms with E-state index in [1.807, 2.05) is 27.6 Å². The molecule has 0 aliphatic carbocycles. The molecule has 0 saturated carbocycles. The van der Waals surface area contributed by atoms with Gasteiger partial charge in [0, 0.05) is 10.9 Å². The lowest BCUT2D eigenvalue weighted by molar-refractivity contribution is -0.00113. The van der Waals surface area contributed by atoms with Crippen molar-refractivity contribution in [3.05, 3.63) is 64.0 Å². The summed E-state index contributed by atoms with van der Waals surface area (Å²) in [6, 6.07) is 12.4.